The maximum atomic E-state index is 12.7. The summed E-state index contributed by atoms with van der Waals surface area (Å²) in [6, 6.07) is 13.2. The van der Waals surface area contributed by atoms with Gasteiger partial charge in [0.05, 0.1) is 6.54 Å². The highest BCUT2D eigenvalue weighted by Crippen LogP contribution is 2.19. The first-order chi connectivity index (χ1) is 14.4. The zero-order valence-corrected chi connectivity index (χ0v) is 17.2. The van der Waals surface area contributed by atoms with E-state index in [4.69, 9.17) is 11.6 Å². The number of nitrogens with zero attached hydrogens (tertiary/aromatic N) is 5. The largest absolute Gasteiger partial charge is 0.324 e. The highest BCUT2D eigenvalue weighted by molar-refractivity contribution is 6.31. The second-order valence-corrected chi connectivity index (χ2v) is 7.50. The number of fused-ring (bicyclic) bond motifs is 1. The first-order valence-corrected chi connectivity index (χ1v) is 9.68. The van der Waals surface area contributed by atoms with Crippen LogP contribution in [0.3, 0.4) is 0 Å². The van der Waals surface area contributed by atoms with Crippen molar-refractivity contribution in [3.05, 3.63) is 80.9 Å². The third-order valence-electron chi connectivity index (χ3n) is 4.71. The number of aromatic nitrogens is 5. The van der Waals surface area contributed by atoms with Crippen LogP contribution in [-0.4, -0.2) is 30.5 Å². The average molecular weight is 423 g/mol. The molecule has 0 aliphatic carbocycles. The van der Waals surface area contributed by atoms with Gasteiger partial charge in [-0.25, -0.2) is 9.67 Å². The van der Waals surface area contributed by atoms with Crippen molar-refractivity contribution in [3.63, 3.8) is 0 Å². The number of rotatable bonds is 5. The van der Waals surface area contributed by atoms with Gasteiger partial charge in [0.1, 0.15) is 12.9 Å². The summed E-state index contributed by atoms with van der Waals surface area (Å²) in [7, 11) is 0. The SMILES string of the molecule is Cc1ccc(Cn2nnc3c(=O)n(CC(=O)Nc4ccc(C)c(Cl)c4)cnc32)cc1. The fourth-order valence-corrected chi connectivity index (χ4v) is 3.18. The maximum absolute atomic E-state index is 12.7. The van der Waals surface area contributed by atoms with Gasteiger partial charge in [0.2, 0.25) is 5.91 Å². The predicted octanol–water partition coefficient (Wildman–Crippen LogP) is 2.95. The van der Waals surface area contributed by atoms with Crippen molar-refractivity contribution < 1.29 is 4.79 Å². The molecule has 0 aliphatic rings. The van der Waals surface area contributed by atoms with Gasteiger partial charge in [0.15, 0.2) is 11.2 Å². The molecule has 0 aliphatic heterocycles. The number of carbonyl (C=O) groups is 1. The van der Waals surface area contributed by atoms with Crippen molar-refractivity contribution in [1.82, 2.24) is 24.5 Å². The van der Waals surface area contributed by atoms with E-state index in [1.807, 2.05) is 44.2 Å². The predicted molar refractivity (Wildman–Crippen MR) is 115 cm³/mol. The van der Waals surface area contributed by atoms with Crippen LogP contribution in [0, 0.1) is 13.8 Å². The van der Waals surface area contributed by atoms with Crippen molar-refractivity contribution in [2.24, 2.45) is 0 Å². The fraction of sp³-hybridized carbons (Fsp3) is 0.190. The van der Waals surface area contributed by atoms with E-state index < -0.39 is 5.56 Å². The molecule has 0 unspecified atom stereocenters. The van der Waals surface area contributed by atoms with Crippen LogP contribution < -0.4 is 10.9 Å². The Morgan fingerprint density at radius 2 is 1.90 bits per heavy atom. The van der Waals surface area contributed by atoms with Gasteiger partial charge in [-0.3, -0.25) is 14.2 Å². The summed E-state index contributed by atoms with van der Waals surface area (Å²) in [5, 5.41) is 11.3. The summed E-state index contributed by atoms with van der Waals surface area (Å²) in [5.41, 5.74) is 3.73. The van der Waals surface area contributed by atoms with Crippen LogP contribution in [0.1, 0.15) is 16.7 Å². The zero-order chi connectivity index (χ0) is 21.3. The lowest BCUT2D eigenvalue weighted by atomic mass is 10.1. The molecule has 1 amide bonds. The Hall–Kier alpha value is -3.52. The molecule has 0 fully saturated rings. The molecule has 9 heteroatoms. The number of carbonyl (C=O) groups excluding carboxylic acids is 1. The van der Waals surface area contributed by atoms with E-state index in [9.17, 15) is 9.59 Å². The summed E-state index contributed by atoms with van der Waals surface area (Å²) < 4.78 is 2.78. The van der Waals surface area contributed by atoms with E-state index >= 15 is 0 Å². The average Bonchev–Trinajstić information content (AvgIpc) is 3.12. The summed E-state index contributed by atoms with van der Waals surface area (Å²) in [5.74, 6) is -0.370. The van der Waals surface area contributed by atoms with E-state index in [-0.39, 0.29) is 18.0 Å². The molecule has 8 nitrogen and oxygen atoms in total. The van der Waals surface area contributed by atoms with Crippen LogP contribution >= 0.6 is 11.6 Å². The summed E-state index contributed by atoms with van der Waals surface area (Å²) in [4.78, 5) is 29.4. The minimum atomic E-state index is -0.424. The van der Waals surface area contributed by atoms with E-state index in [0.29, 0.717) is 22.9 Å². The van der Waals surface area contributed by atoms with Crippen molar-refractivity contribution in [1.29, 1.82) is 0 Å². The standard InChI is InChI=1S/C21H19ClN6O2/c1-13-3-6-15(7-4-13)10-28-20-19(25-26-28)21(30)27(12-23-20)11-18(29)24-16-8-5-14(2)17(22)9-16/h3-9,12H,10-11H2,1-2H3,(H,24,29). The van der Waals surface area contributed by atoms with Crippen LogP contribution in [0.25, 0.3) is 11.2 Å². The first kappa shape index (κ1) is 19.8. The fourth-order valence-electron chi connectivity index (χ4n) is 3.00. The van der Waals surface area contributed by atoms with Crippen LogP contribution in [-0.2, 0) is 17.9 Å². The minimum Gasteiger partial charge on any atom is -0.324 e. The normalized spacial score (nSPS) is 11.0. The van der Waals surface area contributed by atoms with E-state index in [1.165, 1.54) is 10.9 Å². The van der Waals surface area contributed by atoms with Crippen molar-refractivity contribution in [2.45, 2.75) is 26.9 Å². The summed E-state index contributed by atoms with van der Waals surface area (Å²) in [6.45, 7) is 4.14. The van der Waals surface area contributed by atoms with Crippen molar-refractivity contribution in [2.75, 3.05) is 5.32 Å². The lowest BCUT2D eigenvalue weighted by Crippen LogP contribution is -2.28. The van der Waals surface area contributed by atoms with Crippen LogP contribution in [0.5, 0.6) is 0 Å². The summed E-state index contributed by atoms with van der Waals surface area (Å²) >= 11 is 6.08. The third kappa shape index (κ3) is 4.08. The number of anilines is 1. The maximum Gasteiger partial charge on any atom is 0.283 e. The molecular weight excluding hydrogens is 404 g/mol. The van der Waals surface area contributed by atoms with E-state index in [2.05, 4.69) is 20.6 Å². The molecule has 1 N–H and O–H groups in total. The van der Waals surface area contributed by atoms with Gasteiger partial charge in [-0.2, -0.15) is 0 Å². The van der Waals surface area contributed by atoms with E-state index in [0.717, 1.165) is 16.7 Å². The van der Waals surface area contributed by atoms with Gasteiger partial charge < -0.3 is 5.32 Å². The molecule has 0 saturated carbocycles. The Kier molecular flexibility index (Phi) is 5.33. The minimum absolute atomic E-state index is 0.121. The van der Waals surface area contributed by atoms with Crippen LogP contribution in [0.15, 0.2) is 53.6 Å². The molecule has 2 aromatic heterocycles. The van der Waals surface area contributed by atoms with Crippen molar-refractivity contribution in [3.8, 4) is 0 Å². The van der Waals surface area contributed by atoms with Gasteiger partial charge in [-0.1, -0.05) is 52.7 Å². The van der Waals surface area contributed by atoms with Gasteiger partial charge in [0, 0.05) is 10.7 Å². The first-order valence-electron chi connectivity index (χ1n) is 9.31. The third-order valence-corrected chi connectivity index (χ3v) is 5.12. The topological polar surface area (TPSA) is 94.7 Å². The molecule has 0 spiro atoms. The van der Waals surface area contributed by atoms with Gasteiger partial charge in [-0.15, -0.1) is 5.10 Å². The zero-order valence-electron chi connectivity index (χ0n) is 16.5. The second-order valence-electron chi connectivity index (χ2n) is 7.09. The molecular formula is C21H19ClN6O2. The van der Waals surface area contributed by atoms with Gasteiger partial charge in [-0.05, 0) is 37.1 Å². The Balaban J connectivity index is 1.53. The molecule has 4 rings (SSSR count). The number of aryl methyl sites for hydroxylation is 2. The lowest BCUT2D eigenvalue weighted by Gasteiger charge is -2.08. The molecule has 2 aromatic carbocycles. The van der Waals surface area contributed by atoms with Crippen LogP contribution in [0.2, 0.25) is 5.02 Å². The Morgan fingerprint density at radius 3 is 2.63 bits per heavy atom. The molecule has 0 saturated heterocycles. The number of hydrogen-bond acceptors (Lipinski definition) is 5. The number of nitrogens with one attached hydrogen (secondary N) is 1. The Bertz CT molecular complexity index is 1290. The lowest BCUT2D eigenvalue weighted by molar-refractivity contribution is -0.116. The molecule has 0 bridgehead atoms. The molecule has 152 valence electrons. The highest BCUT2D eigenvalue weighted by atomic mass is 35.5. The smallest absolute Gasteiger partial charge is 0.283 e. The Labute approximate surface area is 177 Å². The number of amides is 1. The number of halogens is 1. The monoisotopic (exact) mass is 422 g/mol. The molecule has 2 heterocycles. The summed E-state index contributed by atoms with van der Waals surface area (Å²) in [6.07, 6.45) is 1.33. The molecule has 0 radical (unpaired) electrons. The molecule has 30 heavy (non-hydrogen) atoms. The Morgan fingerprint density at radius 1 is 1.13 bits per heavy atom. The highest BCUT2D eigenvalue weighted by Gasteiger charge is 2.14. The van der Waals surface area contributed by atoms with Gasteiger partial charge in [0.25, 0.3) is 5.56 Å². The van der Waals surface area contributed by atoms with Gasteiger partial charge >= 0.3 is 0 Å². The second kappa shape index (κ2) is 8.08. The van der Waals surface area contributed by atoms with Crippen molar-refractivity contribution >= 4 is 34.4 Å². The molecule has 0 atom stereocenters. The van der Waals surface area contributed by atoms with E-state index in [1.54, 1.807) is 16.8 Å². The number of hydrogen-bond donors (Lipinski definition) is 1. The number of benzene rings is 2. The quantitative estimate of drug-likeness (QED) is 0.533. The van der Waals surface area contributed by atoms with Crippen LogP contribution in [0.4, 0.5) is 5.69 Å². The molecule has 4 aromatic rings.